The number of aryl methyl sites for hydroxylation is 1. The van der Waals surface area contributed by atoms with Gasteiger partial charge < -0.3 is 15.4 Å². The Bertz CT molecular complexity index is 1080. The van der Waals surface area contributed by atoms with Gasteiger partial charge in [0.15, 0.2) is 11.6 Å². The average molecular weight is 396 g/mol. The van der Waals surface area contributed by atoms with Crippen LogP contribution in [0.2, 0.25) is 0 Å². The van der Waals surface area contributed by atoms with Crippen molar-refractivity contribution in [2.45, 2.75) is 6.92 Å². The SMILES string of the molecule is COc1ccc(C)cc1NC(=O)c1cccc(C(=O)Nc2ccc(F)c(F)c2)c1. The van der Waals surface area contributed by atoms with Gasteiger partial charge in [-0.25, -0.2) is 8.78 Å². The second kappa shape index (κ2) is 8.52. The quantitative estimate of drug-likeness (QED) is 0.652. The van der Waals surface area contributed by atoms with E-state index in [-0.39, 0.29) is 16.8 Å². The maximum absolute atomic E-state index is 13.3. The minimum Gasteiger partial charge on any atom is -0.495 e. The lowest BCUT2D eigenvalue weighted by atomic mass is 10.1. The number of anilines is 2. The molecule has 0 radical (unpaired) electrons. The molecule has 3 aromatic carbocycles. The summed E-state index contributed by atoms with van der Waals surface area (Å²) < 4.78 is 31.6. The second-order valence-electron chi connectivity index (χ2n) is 6.32. The van der Waals surface area contributed by atoms with E-state index in [2.05, 4.69) is 10.6 Å². The minimum atomic E-state index is -1.07. The van der Waals surface area contributed by atoms with Gasteiger partial charge in [0, 0.05) is 22.9 Å². The van der Waals surface area contributed by atoms with Gasteiger partial charge in [-0.1, -0.05) is 12.1 Å². The van der Waals surface area contributed by atoms with Crippen LogP contribution < -0.4 is 15.4 Å². The number of nitrogens with one attached hydrogen (secondary N) is 2. The molecule has 0 heterocycles. The summed E-state index contributed by atoms with van der Waals surface area (Å²) in [6.07, 6.45) is 0. The van der Waals surface area contributed by atoms with E-state index in [9.17, 15) is 18.4 Å². The fourth-order valence-corrected chi connectivity index (χ4v) is 2.69. The van der Waals surface area contributed by atoms with Crippen molar-refractivity contribution in [2.24, 2.45) is 0 Å². The molecule has 0 fully saturated rings. The third-order valence-electron chi connectivity index (χ3n) is 4.17. The molecule has 3 aromatic rings. The Kier molecular flexibility index (Phi) is 5.87. The van der Waals surface area contributed by atoms with Crippen LogP contribution in [0.15, 0.2) is 60.7 Å². The van der Waals surface area contributed by atoms with E-state index in [1.807, 2.05) is 13.0 Å². The normalized spacial score (nSPS) is 10.3. The summed E-state index contributed by atoms with van der Waals surface area (Å²) in [7, 11) is 1.50. The standard InChI is InChI=1S/C22H18F2N2O3/c1-13-6-9-20(29-2)19(10-13)26-22(28)15-5-3-4-14(11-15)21(27)25-16-7-8-17(23)18(24)12-16/h3-12H,1-2H3,(H,25,27)(H,26,28). The predicted octanol–water partition coefficient (Wildman–Crippen LogP) is 4.79. The maximum atomic E-state index is 13.3. The zero-order chi connectivity index (χ0) is 21.0. The molecule has 0 spiro atoms. The molecule has 0 aromatic heterocycles. The van der Waals surface area contributed by atoms with Crippen molar-refractivity contribution in [3.63, 3.8) is 0 Å². The third kappa shape index (κ3) is 4.76. The van der Waals surface area contributed by atoms with Gasteiger partial charge in [-0.3, -0.25) is 9.59 Å². The number of methoxy groups -OCH3 is 1. The Balaban J connectivity index is 1.78. The monoisotopic (exact) mass is 396 g/mol. The number of carbonyl (C=O) groups is 2. The summed E-state index contributed by atoms with van der Waals surface area (Å²) in [5, 5.41) is 5.23. The van der Waals surface area contributed by atoms with Gasteiger partial charge >= 0.3 is 0 Å². The molecule has 0 bridgehead atoms. The summed E-state index contributed by atoms with van der Waals surface area (Å²) in [5.41, 5.74) is 2.01. The van der Waals surface area contributed by atoms with Gasteiger partial charge in [0.1, 0.15) is 5.75 Å². The molecule has 7 heteroatoms. The van der Waals surface area contributed by atoms with Crippen LogP contribution in [0.25, 0.3) is 0 Å². The molecule has 0 saturated heterocycles. The van der Waals surface area contributed by atoms with Gasteiger partial charge in [0.05, 0.1) is 12.8 Å². The van der Waals surface area contributed by atoms with E-state index in [0.717, 1.165) is 17.7 Å². The van der Waals surface area contributed by atoms with E-state index in [0.29, 0.717) is 11.4 Å². The van der Waals surface area contributed by atoms with E-state index in [1.165, 1.54) is 25.3 Å². The molecular formula is C22H18F2N2O3. The summed E-state index contributed by atoms with van der Waals surface area (Å²) in [6, 6.07) is 14.5. The van der Waals surface area contributed by atoms with Crippen LogP contribution in [0.4, 0.5) is 20.2 Å². The third-order valence-corrected chi connectivity index (χ3v) is 4.17. The van der Waals surface area contributed by atoms with E-state index >= 15 is 0 Å². The van der Waals surface area contributed by atoms with Crippen LogP contribution in [-0.2, 0) is 0 Å². The lowest BCUT2D eigenvalue weighted by Gasteiger charge is -2.12. The number of hydrogen-bond acceptors (Lipinski definition) is 3. The number of hydrogen-bond donors (Lipinski definition) is 2. The Morgan fingerprint density at radius 2 is 1.52 bits per heavy atom. The summed E-state index contributed by atoms with van der Waals surface area (Å²) >= 11 is 0. The van der Waals surface area contributed by atoms with Gasteiger partial charge in [-0.05, 0) is 55.0 Å². The van der Waals surface area contributed by atoms with Crippen LogP contribution in [0.3, 0.4) is 0 Å². The van der Waals surface area contributed by atoms with Crippen molar-refractivity contribution in [3.8, 4) is 5.75 Å². The van der Waals surface area contributed by atoms with E-state index in [1.54, 1.807) is 24.3 Å². The summed E-state index contributed by atoms with van der Waals surface area (Å²) in [5.74, 6) is -2.54. The summed E-state index contributed by atoms with van der Waals surface area (Å²) in [6.45, 7) is 1.89. The first kappa shape index (κ1) is 20.0. The van der Waals surface area contributed by atoms with Crippen molar-refractivity contribution in [3.05, 3.63) is 89.0 Å². The van der Waals surface area contributed by atoms with Crippen molar-refractivity contribution in [1.82, 2.24) is 0 Å². The number of ether oxygens (including phenoxy) is 1. The predicted molar refractivity (Wildman–Crippen MR) is 106 cm³/mol. The van der Waals surface area contributed by atoms with Crippen LogP contribution in [0.5, 0.6) is 5.75 Å². The van der Waals surface area contributed by atoms with Gasteiger partial charge in [-0.15, -0.1) is 0 Å². The molecule has 0 atom stereocenters. The number of benzene rings is 3. The Labute approximate surface area is 166 Å². The average Bonchev–Trinajstić information content (AvgIpc) is 2.71. The highest BCUT2D eigenvalue weighted by molar-refractivity contribution is 6.09. The highest BCUT2D eigenvalue weighted by atomic mass is 19.2. The lowest BCUT2D eigenvalue weighted by Crippen LogP contribution is -2.16. The fraction of sp³-hybridized carbons (Fsp3) is 0.0909. The highest BCUT2D eigenvalue weighted by Gasteiger charge is 2.14. The Morgan fingerprint density at radius 3 is 2.17 bits per heavy atom. The number of rotatable bonds is 5. The van der Waals surface area contributed by atoms with Crippen LogP contribution in [0, 0.1) is 18.6 Å². The number of amides is 2. The molecule has 0 unspecified atom stereocenters. The van der Waals surface area contributed by atoms with Crippen LogP contribution in [0.1, 0.15) is 26.3 Å². The second-order valence-corrected chi connectivity index (χ2v) is 6.32. The van der Waals surface area contributed by atoms with Crippen LogP contribution in [-0.4, -0.2) is 18.9 Å². The highest BCUT2D eigenvalue weighted by Crippen LogP contribution is 2.26. The molecule has 148 valence electrons. The van der Waals surface area contributed by atoms with Crippen molar-refractivity contribution >= 4 is 23.2 Å². The molecule has 0 aliphatic rings. The molecule has 0 saturated carbocycles. The van der Waals surface area contributed by atoms with Gasteiger partial charge in [-0.2, -0.15) is 0 Å². The zero-order valence-electron chi connectivity index (χ0n) is 15.8. The molecule has 0 aliphatic carbocycles. The molecule has 0 aliphatic heterocycles. The molecule has 2 amide bonds. The Hall–Kier alpha value is -3.74. The largest absolute Gasteiger partial charge is 0.495 e. The van der Waals surface area contributed by atoms with Gasteiger partial charge in [0.25, 0.3) is 11.8 Å². The molecule has 5 nitrogen and oxygen atoms in total. The van der Waals surface area contributed by atoms with Crippen LogP contribution >= 0.6 is 0 Å². The molecule has 3 rings (SSSR count). The Morgan fingerprint density at radius 1 is 0.828 bits per heavy atom. The lowest BCUT2D eigenvalue weighted by molar-refractivity contribution is 0.102. The number of halogens is 2. The molecule has 2 N–H and O–H groups in total. The maximum Gasteiger partial charge on any atom is 0.255 e. The van der Waals surface area contributed by atoms with Crippen molar-refractivity contribution < 1.29 is 23.1 Å². The first-order valence-corrected chi connectivity index (χ1v) is 8.70. The van der Waals surface area contributed by atoms with Crippen molar-refractivity contribution in [1.29, 1.82) is 0 Å². The van der Waals surface area contributed by atoms with Gasteiger partial charge in [0.2, 0.25) is 0 Å². The topological polar surface area (TPSA) is 67.4 Å². The first-order chi connectivity index (χ1) is 13.9. The molecule has 29 heavy (non-hydrogen) atoms. The smallest absolute Gasteiger partial charge is 0.255 e. The minimum absolute atomic E-state index is 0.105. The van der Waals surface area contributed by atoms with Crippen molar-refractivity contribution in [2.75, 3.05) is 17.7 Å². The number of carbonyl (C=O) groups excluding carboxylic acids is 2. The zero-order valence-corrected chi connectivity index (χ0v) is 15.8. The van der Waals surface area contributed by atoms with E-state index in [4.69, 9.17) is 4.74 Å². The molecular weight excluding hydrogens is 378 g/mol. The fourth-order valence-electron chi connectivity index (χ4n) is 2.69. The first-order valence-electron chi connectivity index (χ1n) is 8.70. The summed E-state index contributed by atoms with van der Waals surface area (Å²) in [4.78, 5) is 25.0. The van der Waals surface area contributed by atoms with E-state index < -0.39 is 23.4 Å².